The molecular formula is C24H20F3N5O3. The number of benzene rings is 2. The minimum atomic E-state index is -4.44. The van der Waals surface area contributed by atoms with E-state index in [1.807, 2.05) is 13.0 Å². The molecule has 4 aromatic rings. The molecule has 0 spiro atoms. The number of aromatic nitrogens is 4. The highest BCUT2D eigenvalue weighted by atomic mass is 19.4. The molecule has 1 amide bonds. The zero-order chi connectivity index (χ0) is 24.7. The second-order valence-electron chi connectivity index (χ2n) is 8.08. The molecule has 0 atom stereocenters. The van der Waals surface area contributed by atoms with Crippen molar-refractivity contribution >= 4 is 22.5 Å². The Morgan fingerprint density at radius 3 is 2.71 bits per heavy atom. The van der Waals surface area contributed by atoms with Crippen LogP contribution in [-0.2, 0) is 12.7 Å². The Balaban J connectivity index is 1.47. The molecule has 1 N–H and O–H groups in total. The van der Waals surface area contributed by atoms with E-state index < -0.39 is 11.7 Å². The van der Waals surface area contributed by atoms with Crippen LogP contribution in [-0.4, -0.2) is 50.5 Å². The number of rotatable bonds is 4. The van der Waals surface area contributed by atoms with E-state index in [1.165, 1.54) is 23.1 Å². The highest BCUT2D eigenvalue weighted by Crippen LogP contribution is 2.33. The molecule has 8 nitrogen and oxygen atoms in total. The molecule has 0 aliphatic carbocycles. The number of aliphatic hydroxyl groups is 1. The molecule has 1 aliphatic rings. The van der Waals surface area contributed by atoms with Crippen molar-refractivity contribution in [3.8, 4) is 17.1 Å². The fraction of sp³-hybridized carbons (Fsp3) is 0.250. The number of amides is 1. The number of aliphatic hydroxyl groups excluding tert-OH is 1. The van der Waals surface area contributed by atoms with Gasteiger partial charge in [0.05, 0.1) is 37.0 Å². The first kappa shape index (κ1) is 22.8. The lowest BCUT2D eigenvalue weighted by Gasteiger charge is -2.23. The molecule has 35 heavy (non-hydrogen) atoms. The number of halogens is 3. The first-order valence-electron chi connectivity index (χ1n) is 10.8. The van der Waals surface area contributed by atoms with Crippen LogP contribution >= 0.6 is 0 Å². The molecule has 0 bridgehead atoms. The smallest absolute Gasteiger partial charge is 0.416 e. The monoisotopic (exact) mass is 483 g/mol. The summed E-state index contributed by atoms with van der Waals surface area (Å²) in [7, 11) is 0. The van der Waals surface area contributed by atoms with E-state index in [4.69, 9.17) is 4.74 Å². The summed E-state index contributed by atoms with van der Waals surface area (Å²) in [6, 6.07) is 8.71. The quantitative estimate of drug-likeness (QED) is 0.474. The van der Waals surface area contributed by atoms with Gasteiger partial charge in [0.25, 0.3) is 5.91 Å². The number of ether oxygens (including phenoxy) is 1. The van der Waals surface area contributed by atoms with Crippen molar-refractivity contribution in [2.24, 2.45) is 0 Å². The van der Waals surface area contributed by atoms with E-state index in [-0.39, 0.29) is 31.4 Å². The van der Waals surface area contributed by atoms with E-state index in [0.29, 0.717) is 40.3 Å². The molecule has 2 aromatic carbocycles. The second kappa shape index (κ2) is 8.66. The Morgan fingerprint density at radius 2 is 1.97 bits per heavy atom. The van der Waals surface area contributed by atoms with Crippen LogP contribution in [0.5, 0.6) is 5.75 Å². The summed E-state index contributed by atoms with van der Waals surface area (Å²) >= 11 is 0. The van der Waals surface area contributed by atoms with Crippen LogP contribution in [0, 0.1) is 6.92 Å². The Morgan fingerprint density at radius 1 is 1.14 bits per heavy atom. The van der Waals surface area contributed by atoms with Gasteiger partial charge in [0.1, 0.15) is 6.61 Å². The summed E-state index contributed by atoms with van der Waals surface area (Å²) in [4.78, 5) is 23.6. The van der Waals surface area contributed by atoms with Gasteiger partial charge in [0.15, 0.2) is 17.3 Å². The van der Waals surface area contributed by atoms with Gasteiger partial charge < -0.3 is 14.7 Å². The number of hydrogen-bond donors (Lipinski definition) is 1. The number of alkyl halides is 3. The fourth-order valence-electron chi connectivity index (χ4n) is 4.11. The number of aryl methyl sites for hydroxylation is 1. The Kier molecular flexibility index (Phi) is 5.64. The lowest BCUT2D eigenvalue weighted by atomic mass is 10.1. The fourth-order valence-corrected chi connectivity index (χ4v) is 4.11. The molecule has 1 aliphatic heterocycles. The van der Waals surface area contributed by atoms with Crippen molar-refractivity contribution < 1.29 is 27.8 Å². The van der Waals surface area contributed by atoms with Crippen LogP contribution in [0.25, 0.3) is 22.3 Å². The number of fused-ring (bicyclic) bond motifs is 2. The number of carbonyl (C=O) groups is 1. The van der Waals surface area contributed by atoms with Crippen LogP contribution in [0.3, 0.4) is 0 Å². The van der Waals surface area contributed by atoms with Crippen molar-refractivity contribution in [3.63, 3.8) is 0 Å². The van der Waals surface area contributed by atoms with Crippen LogP contribution in [0.1, 0.15) is 21.6 Å². The predicted molar refractivity (Wildman–Crippen MR) is 121 cm³/mol. The van der Waals surface area contributed by atoms with Gasteiger partial charge >= 0.3 is 6.18 Å². The van der Waals surface area contributed by atoms with E-state index in [2.05, 4.69) is 15.1 Å². The van der Waals surface area contributed by atoms with Gasteiger partial charge in [-0.3, -0.25) is 9.48 Å². The molecule has 3 heterocycles. The summed E-state index contributed by atoms with van der Waals surface area (Å²) in [5, 5.41) is 13.7. The summed E-state index contributed by atoms with van der Waals surface area (Å²) in [6.45, 7) is 2.44. The zero-order valence-corrected chi connectivity index (χ0v) is 18.6. The van der Waals surface area contributed by atoms with Crippen molar-refractivity contribution in [2.45, 2.75) is 19.6 Å². The van der Waals surface area contributed by atoms with Crippen LogP contribution < -0.4 is 9.64 Å². The summed E-state index contributed by atoms with van der Waals surface area (Å²) < 4.78 is 46.0. The molecular weight excluding hydrogens is 463 g/mol. The van der Waals surface area contributed by atoms with Crippen molar-refractivity contribution in [3.05, 3.63) is 65.6 Å². The molecule has 180 valence electrons. The van der Waals surface area contributed by atoms with Crippen molar-refractivity contribution in [1.29, 1.82) is 0 Å². The highest BCUT2D eigenvalue weighted by molar-refractivity contribution is 6.07. The lowest BCUT2D eigenvalue weighted by Crippen LogP contribution is -2.34. The van der Waals surface area contributed by atoms with Gasteiger partial charge in [-0.1, -0.05) is 0 Å². The minimum Gasteiger partial charge on any atom is -0.488 e. The predicted octanol–water partition coefficient (Wildman–Crippen LogP) is 3.85. The normalized spacial score (nSPS) is 14.1. The van der Waals surface area contributed by atoms with Crippen molar-refractivity contribution in [1.82, 2.24) is 19.7 Å². The Labute approximate surface area is 197 Å². The molecule has 2 aromatic heterocycles. The van der Waals surface area contributed by atoms with E-state index >= 15 is 0 Å². The SMILES string of the molecule is Cc1cc(-c2ncc3cc(C(F)(F)F)ccc3n2)ccc1N1CCOc2cnn(CCO)c2C1=O. The first-order chi connectivity index (χ1) is 16.8. The maximum Gasteiger partial charge on any atom is 0.416 e. The van der Waals surface area contributed by atoms with Crippen LogP contribution in [0.15, 0.2) is 48.8 Å². The largest absolute Gasteiger partial charge is 0.488 e. The highest BCUT2D eigenvalue weighted by Gasteiger charge is 2.31. The first-order valence-corrected chi connectivity index (χ1v) is 10.8. The van der Waals surface area contributed by atoms with Gasteiger partial charge in [-0.2, -0.15) is 18.3 Å². The molecule has 0 fully saturated rings. The third-order valence-corrected chi connectivity index (χ3v) is 5.79. The third-order valence-electron chi connectivity index (χ3n) is 5.79. The molecule has 5 rings (SSSR count). The number of nitrogens with zero attached hydrogens (tertiary/aromatic N) is 5. The third kappa shape index (κ3) is 4.18. The number of anilines is 1. The van der Waals surface area contributed by atoms with Gasteiger partial charge in [-0.25, -0.2) is 9.97 Å². The second-order valence-corrected chi connectivity index (χ2v) is 8.08. The summed E-state index contributed by atoms with van der Waals surface area (Å²) in [6.07, 6.45) is -1.60. The van der Waals surface area contributed by atoms with Gasteiger partial charge in [-0.15, -0.1) is 0 Å². The van der Waals surface area contributed by atoms with Crippen LogP contribution in [0.4, 0.5) is 18.9 Å². The average Bonchev–Trinajstić information content (AvgIpc) is 3.15. The molecule has 11 heteroatoms. The van der Waals surface area contributed by atoms with Gasteiger partial charge in [0.2, 0.25) is 0 Å². The Hall–Kier alpha value is -3.99. The number of carbonyl (C=O) groups excluding carboxylic acids is 1. The average molecular weight is 483 g/mol. The van der Waals surface area contributed by atoms with Gasteiger partial charge in [0, 0.05) is 22.8 Å². The molecule has 0 radical (unpaired) electrons. The van der Waals surface area contributed by atoms with Gasteiger partial charge in [-0.05, 0) is 48.9 Å². The Bertz CT molecular complexity index is 1430. The lowest BCUT2D eigenvalue weighted by molar-refractivity contribution is -0.137. The maximum atomic E-state index is 13.3. The minimum absolute atomic E-state index is 0.167. The maximum absolute atomic E-state index is 13.3. The standard InChI is InChI=1S/C24H20F3N5O3/c1-14-10-15(22-28-12-16-11-17(24(25,26)27)3-4-18(16)30-22)2-5-19(14)31-7-9-35-20-13-29-32(6-8-33)21(20)23(31)34/h2-5,10-13,33H,6-9H2,1H3. The molecule has 0 unspecified atom stereocenters. The summed E-state index contributed by atoms with van der Waals surface area (Å²) in [5.41, 5.74) is 2.03. The topological polar surface area (TPSA) is 93.4 Å². The van der Waals surface area contributed by atoms with Crippen LogP contribution in [0.2, 0.25) is 0 Å². The summed E-state index contributed by atoms with van der Waals surface area (Å²) in [5.74, 6) is 0.445. The molecule has 0 saturated carbocycles. The van der Waals surface area contributed by atoms with E-state index in [0.717, 1.165) is 17.7 Å². The van der Waals surface area contributed by atoms with Crippen molar-refractivity contribution in [2.75, 3.05) is 24.7 Å². The molecule has 0 saturated heterocycles. The van der Waals surface area contributed by atoms with E-state index in [9.17, 15) is 23.1 Å². The zero-order valence-electron chi connectivity index (χ0n) is 18.6. The van der Waals surface area contributed by atoms with E-state index in [1.54, 1.807) is 17.0 Å². The number of hydrogen-bond acceptors (Lipinski definition) is 6.